The summed E-state index contributed by atoms with van der Waals surface area (Å²) >= 11 is 0. The molecule has 0 atom stereocenters. The van der Waals surface area contributed by atoms with Gasteiger partial charge in [0.25, 0.3) is 0 Å². The summed E-state index contributed by atoms with van der Waals surface area (Å²) in [6.07, 6.45) is 7.29. The Morgan fingerprint density at radius 1 is 1.13 bits per heavy atom. The van der Waals surface area contributed by atoms with Crippen LogP contribution in [0.2, 0.25) is 0 Å². The minimum absolute atomic E-state index is 0.109. The van der Waals surface area contributed by atoms with Crippen molar-refractivity contribution in [3.8, 4) is 6.07 Å². The first-order chi connectivity index (χ1) is 14.5. The molecular weight excluding hydrogens is 372 g/mol. The fourth-order valence-electron chi connectivity index (χ4n) is 6.64. The summed E-state index contributed by atoms with van der Waals surface area (Å²) in [5.41, 5.74) is 3.68. The van der Waals surface area contributed by atoms with Gasteiger partial charge >= 0.3 is 0 Å². The molecule has 30 heavy (non-hydrogen) atoms. The molecule has 0 unspecified atom stereocenters. The van der Waals surface area contributed by atoms with E-state index >= 15 is 0 Å². The highest BCUT2D eigenvalue weighted by Gasteiger charge is 2.54. The third-order valence-electron chi connectivity index (χ3n) is 7.85. The van der Waals surface area contributed by atoms with Gasteiger partial charge in [-0.3, -0.25) is 4.79 Å². The molecule has 2 N–H and O–H groups in total. The second-order valence-corrected chi connectivity index (χ2v) is 9.96. The molecule has 2 aromatic rings. The zero-order valence-electron chi connectivity index (χ0n) is 17.9. The number of carbonyl (C=O) groups excluding carboxylic acids is 1. The zero-order chi connectivity index (χ0) is 20.9. The molecule has 0 radical (unpaired) electrons. The Labute approximate surface area is 178 Å². The van der Waals surface area contributed by atoms with Crippen molar-refractivity contribution < 1.29 is 4.79 Å². The Morgan fingerprint density at radius 2 is 1.80 bits per heavy atom. The number of hydrogen-bond donors (Lipinski definition) is 2. The Bertz CT molecular complexity index is 1020. The average molecular weight is 403 g/mol. The number of benzene rings is 1. The van der Waals surface area contributed by atoms with E-state index in [1.165, 1.54) is 24.8 Å². The SMILES string of the molecule is Cc1ccc2cc(C#N)c(NCCNC(=O)C34CC5CC(CC(C5)C3)C4)nc2c1C. The van der Waals surface area contributed by atoms with Gasteiger partial charge in [0.2, 0.25) is 5.91 Å². The molecule has 156 valence electrons. The number of pyridine rings is 1. The van der Waals surface area contributed by atoms with Gasteiger partial charge in [0.05, 0.1) is 11.1 Å². The molecule has 4 bridgehead atoms. The van der Waals surface area contributed by atoms with Crippen LogP contribution in [-0.4, -0.2) is 24.0 Å². The van der Waals surface area contributed by atoms with E-state index in [2.05, 4.69) is 36.6 Å². The molecule has 4 aliphatic rings. The Morgan fingerprint density at radius 3 is 2.43 bits per heavy atom. The highest BCUT2D eigenvalue weighted by Crippen LogP contribution is 2.60. The van der Waals surface area contributed by atoms with Crippen molar-refractivity contribution >= 4 is 22.6 Å². The van der Waals surface area contributed by atoms with Crippen LogP contribution >= 0.6 is 0 Å². The number of carbonyl (C=O) groups is 1. The normalized spacial score (nSPS) is 29.0. The van der Waals surface area contributed by atoms with Crippen LogP contribution < -0.4 is 10.6 Å². The standard InChI is InChI=1S/C25H30N4O/c1-15-3-4-20-10-21(14-26)23(29-22(20)16(15)2)27-5-6-28-24(30)25-11-17-7-18(12-25)9-19(8-17)13-25/h3-4,10,17-19H,5-9,11-13H2,1-2H3,(H,27,29)(H,28,30). The molecule has 4 saturated carbocycles. The third kappa shape index (κ3) is 3.23. The molecule has 4 aliphatic carbocycles. The minimum atomic E-state index is -0.109. The minimum Gasteiger partial charge on any atom is -0.367 e. The molecule has 5 nitrogen and oxygen atoms in total. The average Bonchev–Trinajstić information content (AvgIpc) is 2.72. The van der Waals surface area contributed by atoms with E-state index in [-0.39, 0.29) is 11.3 Å². The van der Waals surface area contributed by atoms with Gasteiger partial charge < -0.3 is 10.6 Å². The molecule has 0 aliphatic heterocycles. The molecule has 1 heterocycles. The number of anilines is 1. The number of aryl methyl sites for hydroxylation is 2. The number of amides is 1. The van der Waals surface area contributed by atoms with Gasteiger partial charge in [-0.25, -0.2) is 4.98 Å². The van der Waals surface area contributed by atoms with Crippen molar-refractivity contribution in [2.24, 2.45) is 23.2 Å². The van der Waals surface area contributed by atoms with Crippen LogP contribution in [0.25, 0.3) is 10.9 Å². The molecule has 5 heteroatoms. The lowest BCUT2D eigenvalue weighted by molar-refractivity contribution is -0.146. The van der Waals surface area contributed by atoms with Crippen LogP contribution in [0.5, 0.6) is 0 Å². The first-order valence-electron chi connectivity index (χ1n) is 11.3. The lowest BCUT2D eigenvalue weighted by Crippen LogP contribution is -2.54. The number of nitriles is 1. The molecular formula is C25H30N4O. The van der Waals surface area contributed by atoms with Crippen molar-refractivity contribution in [3.05, 3.63) is 34.9 Å². The van der Waals surface area contributed by atoms with Crippen molar-refractivity contribution in [2.45, 2.75) is 52.4 Å². The summed E-state index contributed by atoms with van der Waals surface area (Å²) in [4.78, 5) is 17.8. The van der Waals surface area contributed by atoms with Crippen molar-refractivity contribution in [1.82, 2.24) is 10.3 Å². The van der Waals surface area contributed by atoms with Gasteiger partial charge in [0, 0.05) is 23.9 Å². The lowest BCUT2D eigenvalue weighted by Gasteiger charge is -2.55. The van der Waals surface area contributed by atoms with Gasteiger partial charge in [-0.05, 0) is 87.3 Å². The first-order valence-corrected chi connectivity index (χ1v) is 11.3. The van der Waals surface area contributed by atoms with E-state index in [4.69, 9.17) is 4.98 Å². The number of aromatic nitrogens is 1. The molecule has 0 saturated heterocycles. The maximum atomic E-state index is 13.1. The van der Waals surface area contributed by atoms with E-state index in [1.54, 1.807) is 0 Å². The van der Waals surface area contributed by atoms with Gasteiger partial charge in [-0.15, -0.1) is 0 Å². The summed E-state index contributed by atoms with van der Waals surface area (Å²) in [5, 5.41) is 17.0. The number of fused-ring (bicyclic) bond motifs is 1. The smallest absolute Gasteiger partial charge is 0.226 e. The fraction of sp³-hybridized carbons (Fsp3) is 0.560. The second kappa shape index (κ2) is 7.27. The first kappa shape index (κ1) is 19.4. The summed E-state index contributed by atoms with van der Waals surface area (Å²) in [7, 11) is 0. The molecule has 4 fully saturated rings. The van der Waals surface area contributed by atoms with E-state index in [0.29, 0.717) is 24.5 Å². The maximum absolute atomic E-state index is 13.1. The predicted molar refractivity (Wildman–Crippen MR) is 118 cm³/mol. The Kier molecular flexibility index (Phi) is 4.69. The maximum Gasteiger partial charge on any atom is 0.226 e. The van der Waals surface area contributed by atoms with Crippen LogP contribution in [0, 0.1) is 48.3 Å². The summed E-state index contributed by atoms with van der Waals surface area (Å²) < 4.78 is 0. The van der Waals surface area contributed by atoms with Crippen molar-refractivity contribution in [1.29, 1.82) is 5.26 Å². The summed E-state index contributed by atoms with van der Waals surface area (Å²) in [6.45, 7) is 5.25. The monoisotopic (exact) mass is 402 g/mol. The van der Waals surface area contributed by atoms with Crippen LogP contribution in [-0.2, 0) is 4.79 Å². The van der Waals surface area contributed by atoms with Gasteiger partial charge in [0.1, 0.15) is 11.9 Å². The third-order valence-corrected chi connectivity index (χ3v) is 7.85. The molecule has 1 aromatic carbocycles. The molecule has 0 spiro atoms. The molecule has 1 aromatic heterocycles. The van der Waals surface area contributed by atoms with E-state index in [9.17, 15) is 10.1 Å². The van der Waals surface area contributed by atoms with Crippen LogP contribution in [0.3, 0.4) is 0 Å². The van der Waals surface area contributed by atoms with Crippen LogP contribution in [0.1, 0.15) is 55.2 Å². The summed E-state index contributed by atoms with van der Waals surface area (Å²) in [6, 6.07) is 8.22. The van der Waals surface area contributed by atoms with Gasteiger partial charge in [0.15, 0.2) is 0 Å². The van der Waals surface area contributed by atoms with Crippen LogP contribution in [0.4, 0.5) is 5.82 Å². The molecule has 6 rings (SSSR count). The van der Waals surface area contributed by atoms with E-state index in [0.717, 1.165) is 53.5 Å². The fourth-order valence-corrected chi connectivity index (χ4v) is 6.64. The Hall–Kier alpha value is -2.61. The van der Waals surface area contributed by atoms with E-state index in [1.807, 2.05) is 12.1 Å². The van der Waals surface area contributed by atoms with Crippen LogP contribution in [0.15, 0.2) is 18.2 Å². The van der Waals surface area contributed by atoms with Gasteiger partial charge in [-0.1, -0.05) is 12.1 Å². The number of nitrogens with zero attached hydrogens (tertiary/aromatic N) is 2. The largest absolute Gasteiger partial charge is 0.367 e. The highest BCUT2D eigenvalue weighted by atomic mass is 16.2. The number of hydrogen-bond acceptors (Lipinski definition) is 4. The highest BCUT2D eigenvalue weighted by molar-refractivity contribution is 5.86. The van der Waals surface area contributed by atoms with Gasteiger partial charge in [-0.2, -0.15) is 5.26 Å². The second-order valence-electron chi connectivity index (χ2n) is 9.96. The number of rotatable bonds is 5. The van der Waals surface area contributed by atoms with Crippen molar-refractivity contribution in [2.75, 3.05) is 18.4 Å². The van der Waals surface area contributed by atoms with Crippen molar-refractivity contribution in [3.63, 3.8) is 0 Å². The lowest BCUT2D eigenvalue weighted by atomic mass is 9.49. The summed E-state index contributed by atoms with van der Waals surface area (Å²) in [5.74, 6) is 3.16. The predicted octanol–water partition coefficient (Wildman–Crippen LogP) is 4.47. The zero-order valence-corrected chi connectivity index (χ0v) is 17.9. The number of nitrogens with one attached hydrogen (secondary N) is 2. The Balaban J connectivity index is 1.24. The quantitative estimate of drug-likeness (QED) is 0.724. The topological polar surface area (TPSA) is 77.8 Å². The van der Waals surface area contributed by atoms with E-state index < -0.39 is 0 Å². The molecule has 1 amide bonds.